The van der Waals surface area contributed by atoms with Crippen LogP contribution in [-0.2, 0) is 9.53 Å². The molecule has 1 amide bonds. The Morgan fingerprint density at radius 2 is 2.21 bits per heavy atom. The van der Waals surface area contributed by atoms with Crippen LogP contribution in [0.4, 0.5) is 0 Å². The van der Waals surface area contributed by atoms with E-state index in [0.29, 0.717) is 26.2 Å². The maximum atomic E-state index is 11.3. The molecule has 1 atom stereocenters. The number of unbranched alkanes of at least 4 members (excludes halogenated alkanes) is 1. The average Bonchev–Trinajstić information content (AvgIpc) is 2.15. The molecule has 0 aromatic heterocycles. The van der Waals surface area contributed by atoms with E-state index in [1.54, 1.807) is 0 Å². The highest BCUT2D eigenvalue weighted by Gasteiger charge is 2.06. The van der Waals surface area contributed by atoms with Gasteiger partial charge in [-0.3, -0.25) is 4.79 Å². The van der Waals surface area contributed by atoms with Gasteiger partial charge >= 0.3 is 0 Å². The SMILES string of the molecule is CCOCC(C)NC(=O)CCCCN. The fraction of sp³-hybridized carbons (Fsp3) is 0.900. The van der Waals surface area contributed by atoms with Gasteiger partial charge in [0.05, 0.1) is 6.61 Å². The highest BCUT2D eigenvalue weighted by atomic mass is 16.5. The van der Waals surface area contributed by atoms with Gasteiger partial charge in [0.25, 0.3) is 0 Å². The minimum atomic E-state index is 0.0886. The topological polar surface area (TPSA) is 64.3 Å². The van der Waals surface area contributed by atoms with Gasteiger partial charge < -0.3 is 15.8 Å². The number of rotatable bonds is 8. The molecule has 0 aliphatic heterocycles. The molecule has 0 fully saturated rings. The van der Waals surface area contributed by atoms with Gasteiger partial charge in [0.15, 0.2) is 0 Å². The van der Waals surface area contributed by atoms with E-state index in [-0.39, 0.29) is 11.9 Å². The highest BCUT2D eigenvalue weighted by molar-refractivity contribution is 5.76. The molecule has 4 nitrogen and oxygen atoms in total. The van der Waals surface area contributed by atoms with Crippen molar-refractivity contribution in [3.8, 4) is 0 Å². The Morgan fingerprint density at radius 1 is 1.50 bits per heavy atom. The molecule has 84 valence electrons. The minimum absolute atomic E-state index is 0.0886. The molecule has 0 saturated heterocycles. The Hall–Kier alpha value is -0.610. The summed E-state index contributed by atoms with van der Waals surface area (Å²) >= 11 is 0. The van der Waals surface area contributed by atoms with Crippen LogP contribution in [0.5, 0.6) is 0 Å². The van der Waals surface area contributed by atoms with Crippen LogP contribution in [0.2, 0.25) is 0 Å². The zero-order valence-electron chi connectivity index (χ0n) is 9.21. The Kier molecular flexibility index (Phi) is 8.57. The number of amides is 1. The predicted molar refractivity (Wildman–Crippen MR) is 57.0 cm³/mol. The smallest absolute Gasteiger partial charge is 0.220 e. The summed E-state index contributed by atoms with van der Waals surface area (Å²) in [7, 11) is 0. The van der Waals surface area contributed by atoms with Crippen molar-refractivity contribution in [1.82, 2.24) is 5.32 Å². The molecule has 0 saturated carbocycles. The second-order valence-electron chi connectivity index (χ2n) is 3.37. The maximum Gasteiger partial charge on any atom is 0.220 e. The third-order valence-corrected chi connectivity index (χ3v) is 1.84. The van der Waals surface area contributed by atoms with E-state index in [2.05, 4.69) is 5.32 Å². The van der Waals surface area contributed by atoms with Crippen LogP contribution in [0.1, 0.15) is 33.1 Å². The van der Waals surface area contributed by atoms with Crippen molar-refractivity contribution in [1.29, 1.82) is 0 Å². The van der Waals surface area contributed by atoms with Gasteiger partial charge in [0.1, 0.15) is 0 Å². The Labute approximate surface area is 86.2 Å². The molecule has 0 radical (unpaired) electrons. The largest absolute Gasteiger partial charge is 0.380 e. The lowest BCUT2D eigenvalue weighted by Crippen LogP contribution is -2.35. The van der Waals surface area contributed by atoms with Crippen LogP contribution >= 0.6 is 0 Å². The Morgan fingerprint density at radius 3 is 2.79 bits per heavy atom. The van der Waals surface area contributed by atoms with Crippen molar-refractivity contribution >= 4 is 5.91 Å². The summed E-state index contributed by atoms with van der Waals surface area (Å²) in [6.07, 6.45) is 2.34. The summed E-state index contributed by atoms with van der Waals surface area (Å²) < 4.78 is 5.19. The maximum absolute atomic E-state index is 11.3. The second-order valence-corrected chi connectivity index (χ2v) is 3.37. The molecule has 0 bridgehead atoms. The van der Waals surface area contributed by atoms with Crippen LogP contribution < -0.4 is 11.1 Å². The van der Waals surface area contributed by atoms with Gasteiger partial charge in [0, 0.05) is 19.1 Å². The van der Waals surface area contributed by atoms with Gasteiger partial charge in [-0.15, -0.1) is 0 Å². The summed E-state index contributed by atoms with van der Waals surface area (Å²) in [4.78, 5) is 11.3. The predicted octanol–water partition coefficient (Wildman–Crippen LogP) is 0.657. The molecule has 0 heterocycles. The van der Waals surface area contributed by atoms with Crippen molar-refractivity contribution < 1.29 is 9.53 Å². The fourth-order valence-electron chi connectivity index (χ4n) is 1.11. The monoisotopic (exact) mass is 202 g/mol. The number of hydrogen-bond donors (Lipinski definition) is 2. The summed E-state index contributed by atoms with van der Waals surface area (Å²) in [6, 6.07) is 0.0975. The van der Waals surface area contributed by atoms with E-state index in [9.17, 15) is 4.79 Å². The fourth-order valence-corrected chi connectivity index (χ4v) is 1.11. The number of nitrogens with two attached hydrogens (primary N) is 1. The molecule has 0 rings (SSSR count). The van der Waals surface area contributed by atoms with Gasteiger partial charge in [-0.25, -0.2) is 0 Å². The lowest BCUT2D eigenvalue weighted by molar-refractivity contribution is -0.122. The van der Waals surface area contributed by atoms with Crippen LogP contribution in [0.3, 0.4) is 0 Å². The normalized spacial score (nSPS) is 12.5. The molecular weight excluding hydrogens is 180 g/mol. The van der Waals surface area contributed by atoms with Gasteiger partial charge in [0.2, 0.25) is 5.91 Å². The third-order valence-electron chi connectivity index (χ3n) is 1.84. The first-order chi connectivity index (χ1) is 6.70. The van der Waals surface area contributed by atoms with Crippen molar-refractivity contribution in [3.63, 3.8) is 0 Å². The zero-order valence-corrected chi connectivity index (χ0v) is 9.21. The van der Waals surface area contributed by atoms with Gasteiger partial charge in [-0.1, -0.05) is 0 Å². The number of nitrogens with one attached hydrogen (secondary N) is 1. The molecule has 0 aliphatic rings. The van der Waals surface area contributed by atoms with Crippen molar-refractivity contribution in [3.05, 3.63) is 0 Å². The van der Waals surface area contributed by atoms with Crippen LogP contribution in [0.15, 0.2) is 0 Å². The van der Waals surface area contributed by atoms with Crippen molar-refractivity contribution in [2.24, 2.45) is 5.73 Å². The average molecular weight is 202 g/mol. The van der Waals surface area contributed by atoms with E-state index >= 15 is 0 Å². The first kappa shape index (κ1) is 13.4. The third kappa shape index (κ3) is 8.01. The van der Waals surface area contributed by atoms with Crippen molar-refractivity contribution in [2.75, 3.05) is 19.8 Å². The first-order valence-corrected chi connectivity index (χ1v) is 5.27. The first-order valence-electron chi connectivity index (χ1n) is 5.27. The number of ether oxygens (including phenoxy) is 1. The van der Waals surface area contributed by atoms with E-state index in [0.717, 1.165) is 12.8 Å². The number of carbonyl (C=O) groups excluding carboxylic acids is 1. The zero-order chi connectivity index (χ0) is 10.8. The minimum Gasteiger partial charge on any atom is -0.380 e. The van der Waals surface area contributed by atoms with E-state index < -0.39 is 0 Å². The summed E-state index contributed by atoms with van der Waals surface area (Å²) in [5.74, 6) is 0.0886. The second kappa shape index (κ2) is 8.97. The molecular formula is C10H22N2O2. The quantitative estimate of drug-likeness (QED) is 0.568. The summed E-state index contributed by atoms with van der Waals surface area (Å²) in [5.41, 5.74) is 5.33. The Bertz CT molecular complexity index is 151. The Balaban J connectivity index is 3.40. The summed E-state index contributed by atoms with van der Waals surface area (Å²) in [5, 5.41) is 2.87. The molecule has 0 aromatic carbocycles. The molecule has 0 spiro atoms. The van der Waals surface area contributed by atoms with Crippen LogP contribution in [0, 0.1) is 0 Å². The molecule has 14 heavy (non-hydrogen) atoms. The lowest BCUT2D eigenvalue weighted by atomic mass is 10.2. The molecule has 0 aliphatic carbocycles. The highest BCUT2D eigenvalue weighted by Crippen LogP contribution is 1.94. The van der Waals surface area contributed by atoms with E-state index in [1.807, 2.05) is 13.8 Å². The standard InChI is InChI=1S/C10H22N2O2/c1-3-14-8-9(2)12-10(13)6-4-5-7-11/h9H,3-8,11H2,1-2H3,(H,12,13). The molecule has 0 aromatic rings. The molecule has 3 N–H and O–H groups in total. The van der Waals surface area contributed by atoms with Gasteiger partial charge in [-0.05, 0) is 33.2 Å². The lowest BCUT2D eigenvalue weighted by Gasteiger charge is -2.13. The van der Waals surface area contributed by atoms with Gasteiger partial charge in [-0.2, -0.15) is 0 Å². The van der Waals surface area contributed by atoms with Crippen LogP contribution in [-0.4, -0.2) is 31.7 Å². The van der Waals surface area contributed by atoms with E-state index in [1.165, 1.54) is 0 Å². The summed E-state index contributed by atoms with van der Waals surface area (Å²) in [6.45, 7) is 5.81. The van der Waals surface area contributed by atoms with E-state index in [4.69, 9.17) is 10.5 Å². The van der Waals surface area contributed by atoms with Crippen molar-refractivity contribution in [2.45, 2.75) is 39.2 Å². The van der Waals surface area contributed by atoms with Crippen LogP contribution in [0.25, 0.3) is 0 Å². The molecule has 1 unspecified atom stereocenters. The molecule has 4 heteroatoms. The number of hydrogen-bond acceptors (Lipinski definition) is 3. The number of carbonyl (C=O) groups is 1.